The smallest absolute Gasteiger partial charge is 0.264 e. The Kier molecular flexibility index (Phi) is 5.33. The van der Waals surface area contributed by atoms with Crippen LogP contribution < -0.4 is 5.73 Å². The Morgan fingerprint density at radius 1 is 0.875 bits per heavy atom. The largest absolute Gasteiger partial charge is 0.398 e. The summed E-state index contributed by atoms with van der Waals surface area (Å²) in [5.74, 6) is 0.0291. The van der Waals surface area contributed by atoms with E-state index in [1.807, 2.05) is 63.7 Å². The predicted molar refractivity (Wildman–Crippen MR) is 128 cm³/mol. The number of thiophene rings is 1. The molecule has 0 atom stereocenters. The Hall–Kier alpha value is -3.71. The second-order valence-electron chi connectivity index (χ2n) is 7.77. The maximum atomic E-state index is 13.2. The molecule has 32 heavy (non-hydrogen) atoms. The maximum Gasteiger partial charge on any atom is 0.264 e. The molecule has 1 fully saturated rings. The molecule has 6 nitrogen and oxygen atoms in total. The van der Waals surface area contributed by atoms with Gasteiger partial charge in [0.15, 0.2) is 0 Å². The van der Waals surface area contributed by atoms with Gasteiger partial charge in [-0.1, -0.05) is 30.3 Å². The number of hydrogen-bond donors (Lipinski definition) is 1. The number of carbonyl (C=O) groups is 2. The normalized spacial score (nSPS) is 14.0. The van der Waals surface area contributed by atoms with Gasteiger partial charge in [0.1, 0.15) is 0 Å². The molecule has 0 saturated carbocycles. The first-order valence-electron chi connectivity index (χ1n) is 10.5. The predicted octanol–water partition coefficient (Wildman–Crippen LogP) is 4.14. The molecule has 3 heterocycles. The quantitative estimate of drug-likeness (QED) is 0.517. The van der Waals surface area contributed by atoms with Crippen molar-refractivity contribution in [2.75, 3.05) is 31.9 Å². The van der Waals surface area contributed by atoms with Crippen molar-refractivity contribution in [3.8, 4) is 11.1 Å². The number of carbonyl (C=O) groups excluding carboxylic acids is 2. The van der Waals surface area contributed by atoms with Crippen LogP contribution in [0.1, 0.15) is 20.0 Å². The van der Waals surface area contributed by atoms with Crippen LogP contribution in [0.5, 0.6) is 0 Å². The number of amides is 2. The molecule has 2 amide bonds. The molecule has 1 aliphatic heterocycles. The Bertz CT molecular complexity index is 1290. The zero-order valence-electron chi connectivity index (χ0n) is 17.4. The molecule has 0 radical (unpaired) electrons. The summed E-state index contributed by atoms with van der Waals surface area (Å²) in [6.07, 6.45) is 3.44. The lowest BCUT2D eigenvalue weighted by molar-refractivity contribution is 0.0538. The number of anilines is 1. The van der Waals surface area contributed by atoms with Gasteiger partial charge < -0.3 is 15.5 Å². The SMILES string of the molecule is Nc1ccncc1-c1cccc2cc(C(=O)N3CCN(C(=O)c4cccs4)CC3)ccc12. The fourth-order valence-electron chi connectivity index (χ4n) is 4.13. The van der Waals surface area contributed by atoms with Gasteiger partial charge in [0.25, 0.3) is 11.8 Å². The van der Waals surface area contributed by atoms with E-state index in [0.717, 1.165) is 26.8 Å². The molecule has 4 aromatic rings. The van der Waals surface area contributed by atoms with Crippen LogP contribution in [0.25, 0.3) is 21.9 Å². The Morgan fingerprint density at radius 2 is 1.66 bits per heavy atom. The van der Waals surface area contributed by atoms with E-state index in [2.05, 4.69) is 4.98 Å². The number of hydrogen-bond acceptors (Lipinski definition) is 5. The minimum atomic E-state index is -0.0126. The van der Waals surface area contributed by atoms with E-state index in [1.165, 1.54) is 11.3 Å². The molecule has 7 heteroatoms. The van der Waals surface area contributed by atoms with Crippen molar-refractivity contribution in [2.45, 2.75) is 0 Å². The first kappa shape index (κ1) is 20.2. The van der Waals surface area contributed by atoms with Gasteiger partial charge in [0.2, 0.25) is 0 Å². The average Bonchev–Trinajstić information content (AvgIpc) is 3.38. The highest BCUT2D eigenvalue weighted by Gasteiger charge is 2.26. The summed E-state index contributed by atoms with van der Waals surface area (Å²) in [7, 11) is 0. The third-order valence-corrected chi connectivity index (χ3v) is 6.72. The van der Waals surface area contributed by atoms with Crippen LogP contribution in [-0.2, 0) is 0 Å². The van der Waals surface area contributed by atoms with Crippen molar-refractivity contribution in [3.63, 3.8) is 0 Å². The zero-order chi connectivity index (χ0) is 22.1. The lowest BCUT2D eigenvalue weighted by atomic mass is 9.97. The fraction of sp³-hybridized carbons (Fsp3) is 0.160. The van der Waals surface area contributed by atoms with Crippen LogP contribution in [0.15, 0.2) is 72.4 Å². The molecular formula is C25H22N4O2S. The van der Waals surface area contributed by atoms with Gasteiger partial charge in [-0.05, 0) is 46.0 Å². The Morgan fingerprint density at radius 3 is 2.38 bits per heavy atom. The van der Waals surface area contributed by atoms with E-state index in [0.29, 0.717) is 37.4 Å². The highest BCUT2D eigenvalue weighted by atomic mass is 32.1. The number of benzene rings is 2. The molecule has 0 aliphatic carbocycles. The Labute approximate surface area is 189 Å². The summed E-state index contributed by atoms with van der Waals surface area (Å²) in [6.45, 7) is 2.14. The van der Waals surface area contributed by atoms with Crippen molar-refractivity contribution in [1.82, 2.24) is 14.8 Å². The van der Waals surface area contributed by atoms with E-state index < -0.39 is 0 Å². The topological polar surface area (TPSA) is 79.5 Å². The summed E-state index contributed by atoms with van der Waals surface area (Å²) in [5, 5.41) is 3.90. The van der Waals surface area contributed by atoms with Crippen LogP contribution in [0.2, 0.25) is 0 Å². The first-order chi connectivity index (χ1) is 15.6. The standard InChI is InChI=1S/C25H22N4O2S/c26-22-8-9-27-16-21(22)20-4-1-3-17-15-18(6-7-19(17)20)24(30)28-10-12-29(13-11-28)25(31)23-5-2-14-32-23/h1-9,14-16H,10-13H2,(H2,26,27). The number of nitrogens with zero attached hydrogens (tertiary/aromatic N) is 3. The van der Waals surface area contributed by atoms with E-state index in [1.54, 1.807) is 18.5 Å². The molecule has 5 rings (SSSR count). The molecular weight excluding hydrogens is 420 g/mol. The average molecular weight is 443 g/mol. The number of fused-ring (bicyclic) bond motifs is 1. The van der Waals surface area contributed by atoms with Crippen molar-refractivity contribution >= 4 is 39.6 Å². The maximum absolute atomic E-state index is 13.2. The number of rotatable bonds is 3. The zero-order valence-corrected chi connectivity index (χ0v) is 18.2. The van der Waals surface area contributed by atoms with Crippen LogP contribution >= 0.6 is 11.3 Å². The summed E-state index contributed by atoms with van der Waals surface area (Å²) in [4.78, 5) is 34.3. The molecule has 2 aromatic carbocycles. The summed E-state index contributed by atoms with van der Waals surface area (Å²) >= 11 is 1.45. The van der Waals surface area contributed by atoms with Crippen molar-refractivity contribution in [2.24, 2.45) is 0 Å². The molecule has 1 saturated heterocycles. The van der Waals surface area contributed by atoms with Crippen LogP contribution in [0.3, 0.4) is 0 Å². The third-order valence-electron chi connectivity index (χ3n) is 5.86. The Balaban J connectivity index is 1.35. The summed E-state index contributed by atoms with van der Waals surface area (Å²) in [5.41, 5.74) is 9.34. The van der Waals surface area contributed by atoms with E-state index in [-0.39, 0.29) is 11.8 Å². The van der Waals surface area contributed by atoms with E-state index >= 15 is 0 Å². The lowest BCUT2D eigenvalue weighted by Gasteiger charge is -2.34. The molecule has 0 unspecified atom stereocenters. The number of nitrogens with two attached hydrogens (primary N) is 1. The van der Waals surface area contributed by atoms with Gasteiger partial charge in [0, 0.05) is 55.4 Å². The second kappa shape index (κ2) is 8.43. The monoisotopic (exact) mass is 442 g/mol. The van der Waals surface area contributed by atoms with Gasteiger partial charge in [-0.25, -0.2) is 0 Å². The number of aromatic nitrogens is 1. The molecule has 0 spiro atoms. The number of nitrogen functional groups attached to an aromatic ring is 1. The summed E-state index contributed by atoms with van der Waals surface area (Å²) in [6, 6.07) is 17.3. The van der Waals surface area contributed by atoms with Gasteiger partial charge in [0.05, 0.1) is 4.88 Å². The van der Waals surface area contributed by atoms with Crippen molar-refractivity contribution in [1.29, 1.82) is 0 Å². The number of piperazine rings is 1. The summed E-state index contributed by atoms with van der Waals surface area (Å²) < 4.78 is 0. The fourth-order valence-corrected chi connectivity index (χ4v) is 4.82. The molecule has 1 aliphatic rings. The molecule has 0 bridgehead atoms. The lowest BCUT2D eigenvalue weighted by Crippen LogP contribution is -2.50. The van der Waals surface area contributed by atoms with E-state index in [9.17, 15) is 9.59 Å². The van der Waals surface area contributed by atoms with Gasteiger partial charge in [-0.3, -0.25) is 14.6 Å². The molecule has 2 aromatic heterocycles. The second-order valence-corrected chi connectivity index (χ2v) is 8.71. The minimum Gasteiger partial charge on any atom is -0.398 e. The van der Waals surface area contributed by atoms with Crippen molar-refractivity contribution in [3.05, 3.63) is 82.8 Å². The highest BCUT2D eigenvalue weighted by molar-refractivity contribution is 7.12. The van der Waals surface area contributed by atoms with Gasteiger partial charge >= 0.3 is 0 Å². The highest BCUT2D eigenvalue weighted by Crippen LogP contribution is 2.32. The first-order valence-corrected chi connectivity index (χ1v) is 11.3. The number of pyridine rings is 1. The van der Waals surface area contributed by atoms with Gasteiger partial charge in [-0.2, -0.15) is 0 Å². The van der Waals surface area contributed by atoms with Crippen molar-refractivity contribution < 1.29 is 9.59 Å². The van der Waals surface area contributed by atoms with Crippen LogP contribution in [0, 0.1) is 0 Å². The molecule has 2 N–H and O–H groups in total. The van der Waals surface area contributed by atoms with Crippen LogP contribution in [0.4, 0.5) is 5.69 Å². The van der Waals surface area contributed by atoms with E-state index in [4.69, 9.17) is 5.73 Å². The van der Waals surface area contributed by atoms with Crippen LogP contribution in [-0.4, -0.2) is 52.8 Å². The minimum absolute atomic E-state index is 0.0126. The molecule has 160 valence electrons. The van der Waals surface area contributed by atoms with Gasteiger partial charge in [-0.15, -0.1) is 11.3 Å². The third kappa shape index (κ3) is 3.71.